The summed E-state index contributed by atoms with van der Waals surface area (Å²) in [5.74, 6) is 1.56. The Bertz CT molecular complexity index is 446. The Balaban J connectivity index is 1.76. The van der Waals surface area contributed by atoms with Crippen molar-refractivity contribution in [2.45, 2.75) is 25.7 Å². The van der Waals surface area contributed by atoms with Gasteiger partial charge in [-0.3, -0.25) is 4.79 Å². The van der Waals surface area contributed by atoms with Crippen molar-refractivity contribution in [3.63, 3.8) is 0 Å². The lowest BCUT2D eigenvalue weighted by atomic mass is 9.82. The van der Waals surface area contributed by atoms with Crippen LogP contribution >= 0.6 is 11.6 Å². The van der Waals surface area contributed by atoms with E-state index in [1.165, 1.54) is 25.7 Å². The molecule has 0 bridgehead atoms. The van der Waals surface area contributed by atoms with Gasteiger partial charge in [-0.15, -0.1) is 0 Å². The molecule has 2 aliphatic rings. The summed E-state index contributed by atoms with van der Waals surface area (Å²) in [5.41, 5.74) is 0.651. The molecular formula is C15H18ClNO. The van der Waals surface area contributed by atoms with E-state index in [0.717, 1.165) is 24.9 Å². The van der Waals surface area contributed by atoms with Gasteiger partial charge in [0, 0.05) is 13.1 Å². The van der Waals surface area contributed by atoms with E-state index in [4.69, 9.17) is 11.6 Å². The lowest BCUT2D eigenvalue weighted by Crippen LogP contribution is -2.29. The normalized spacial score (nSPS) is 27.1. The monoisotopic (exact) mass is 263 g/mol. The molecule has 1 amide bonds. The molecule has 0 N–H and O–H groups in total. The number of likely N-dealkylation sites (tertiary alicyclic amines) is 1. The van der Waals surface area contributed by atoms with Crippen LogP contribution in [0.15, 0.2) is 24.3 Å². The third-order valence-electron chi connectivity index (χ3n) is 4.37. The molecular weight excluding hydrogens is 246 g/mol. The molecule has 1 saturated carbocycles. The van der Waals surface area contributed by atoms with Crippen molar-refractivity contribution >= 4 is 17.5 Å². The minimum absolute atomic E-state index is 0.106. The van der Waals surface area contributed by atoms with Gasteiger partial charge in [0.15, 0.2) is 0 Å². The number of rotatable bonds is 1. The summed E-state index contributed by atoms with van der Waals surface area (Å²) in [5, 5.41) is 0.567. The standard InChI is InChI=1S/C15H18ClNO/c16-14-8-4-3-7-13(14)15(18)17-9-11-5-1-2-6-12(11)10-17/h3-4,7-8,11-12H,1-2,5-6,9-10H2. The molecule has 0 spiro atoms. The minimum atomic E-state index is 0.106. The number of fused-ring (bicyclic) bond motifs is 1. The van der Waals surface area contributed by atoms with E-state index in [1.807, 2.05) is 23.1 Å². The second-order valence-corrected chi connectivity index (χ2v) is 5.90. The van der Waals surface area contributed by atoms with E-state index in [1.54, 1.807) is 6.07 Å². The Kier molecular flexibility index (Phi) is 3.29. The number of carbonyl (C=O) groups is 1. The van der Waals surface area contributed by atoms with Crippen molar-refractivity contribution in [2.24, 2.45) is 11.8 Å². The van der Waals surface area contributed by atoms with E-state index < -0.39 is 0 Å². The average Bonchev–Trinajstić information content (AvgIpc) is 2.82. The maximum absolute atomic E-state index is 12.5. The maximum Gasteiger partial charge on any atom is 0.255 e. The fourth-order valence-electron chi connectivity index (χ4n) is 3.38. The maximum atomic E-state index is 12.5. The van der Waals surface area contributed by atoms with E-state index in [0.29, 0.717) is 10.6 Å². The summed E-state index contributed by atoms with van der Waals surface area (Å²) in [6.45, 7) is 1.85. The minimum Gasteiger partial charge on any atom is -0.338 e. The van der Waals surface area contributed by atoms with Gasteiger partial charge in [0.25, 0.3) is 5.91 Å². The molecule has 2 atom stereocenters. The molecule has 2 unspecified atom stereocenters. The van der Waals surface area contributed by atoms with E-state index in [2.05, 4.69) is 0 Å². The fraction of sp³-hybridized carbons (Fsp3) is 0.533. The highest BCUT2D eigenvalue weighted by Crippen LogP contribution is 2.36. The molecule has 3 rings (SSSR count). The van der Waals surface area contributed by atoms with Gasteiger partial charge in [-0.1, -0.05) is 36.6 Å². The van der Waals surface area contributed by atoms with Crippen LogP contribution in [0, 0.1) is 11.8 Å². The topological polar surface area (TPSA) is 20.3 Å². The third kappa shape index (κ3) is 2.14. The van der Waals surface area contributed by atoms with Gasteiger partial charge in [-0.25, -0.2) is 0 Å². The fourth-order valence-corrected chi connectivity index (χ4v) is 3.59. The lowest BCUT2D eigenvalue weighted by molar-refractivity contribution is 0.0784. The highest BCUT2D eigenvalue weighted by molar-refractivity contribution is 6.33. The van der Waals surface area contributed by atoms with E-state index in [9.17, 15) is 4.79 Å². The molecule has 1 aliphatic heterocycles. The Morgan fingerprint density at radius 1 is 1.11 bits per heavy atom. The first-order chi connectivity index (χ1) is 8.75. The summed E-state index contributed by atoms with van der Waals surface area (Å²) < 4.78 is 0. The zero-order chi connectivity index (χ0) is 12.5. The molecule has 18 heavy (non-hydrogen) atoms. The van der Waals surface area contributed by atoms with Crippen molar-refractivity contribution in [1.82, 2.24) is 4.90 Å². The molecule has 1 aliphatic carbocycles. The van der Waals surface area contributed by atoms with Crippen LogP contribution in [-0.4, -0.2) is 23.9 Å². The quantitative estimate of drug-likeness (QED) is 0.758. The number of halogens is 1. The molecule has 1 aromatic carbocycles. The van der Waals surface area contributed by atoms with Crippen LogP contribution in [0.2, 0.25) is 5.02 Å². The summed E-state index contributed by atoms with van der Waals surface area (Å²) in [6, 6.07) is 7.36. The number of amides is 1. The number of nitrogens with zero attached hydrogens (tertiary/aromatic N) is 1. The second kappa shape index (κ2) is 4.93. The largest absolute Gasteiger partial charge is 0.338 e. The van der Waals surface area contributed by atoms with E-state index >= 15 is 0 Å². The van der Waals surface area contributed by atoms with Crippen molar-refractivity contribution in [3.8, 4) is 0 Å². The van der Waals surface area contributed by atoms with Crippen LogP contribution in [0.1, 0.15) is 36.0 Å². The molecule has 2 nitrogen and oxygen atoms in total. The molecule has 0 radical (unpaired) electrons. The van der Waals surface area contributed by atoms with Gasteiger partial charge >= 0.3 is 0 Å². The second-order valence-electron chi connectivity index (χ2n) is 5.49. The molecule has 96 valence electrons. The van der Waals surface area contributed by atoms with Crippen molar-refractivity contribution < 1.29 is 4.79 Å². The molecule has 2 fully saturated rings. The first-order valence-corrected chi connectivity index (χ1v) is 7.17. The van der Waals surface area contributed by atoms with Gasteiger partial charge < -0.3 is 4.90 Å². The summed E-state index contributed by atoms with van der Waals surface area (Å²) in [6.07, 6.45) is 5.23. The number of hydrogen-bond acceptors (Lipinski definition) is 1. The number of benzene rings is 1. The van der Waals surface area contributed by atoms with Gasteiger partial charge in [-0.2, -0.15) is 0 Å². The molecule has 0 aromatic heterocycles. The average molecular weight is 264 g/mol. The van der Waals surface area contributed by atoms with Crippen LogP contribution in [0.3, 0.4) is 0 Å². The lowest BCUT2D eigenvalue weighted by Gasteiger charge is -2.22. The van der Waals surface area contributed by atoms with Crippen LogP contribution in [0.5, 0.6) is 0 Å². The Labute approximate surface area is 113 Å². The summed E-state index contributed by atoms with van der Waals surface area (Å²) in [4.78, 5) is 14.5. The van der Waals surface area contributed by atoms with Crippen LogP contribution in [-0.2, 0) is 0 Å². The zero-order valence-corrected chi connectivity index (χ0v) is 11.2. The zero-order valence-electron chi connectivity index (χ0n) is 10.4. The van der Waals surface area contributed by atoms with Gasteiger partial charge in [-0.05, 0) is 36.8 Å². The highest BCUT2D eigenvalue weighted by atomic mass is 35.5. The van der Waals surface area contributed by atoms with Gasteiger partial charge in [0.05, 0.1) is 10.6 Å². The number of carbonyl (C=O) groups excluding carboxylic acids is 1. The van der Waals surface area contributed by atoms with Gasteiger partial charge in [0.2, 0.25) is 0 Å². The Morgan fingerprint density at radius 3 is 2.33 bits per heavy atom. The summed E-state index contributed by atoms with van der Waals surface area (Å²) in [7, 11) is 0. The molecule has 1 aromatic rings. The van der Waals surface area contributed by atoms with Crippen LogP contribution in [0.4, 0.5) is 0 Å². The molecule has 1 saturated heterocycles. The summed E-state index contributed by atoms with van der Waals surface area (Å²) >= 11 is 6.10. The predicted molar refractivity (Wildman–Crippen MR) is 72.8 cm³/mol. The highest BCUT2D eigenvalue weighted by Gasteiger charge is 2.36. The van der Waals surface area contributed by atoms with Crippen LogP contribution in [0.25, 0.3) is 0 Å². The molecule has 1 heterocycles. The Morgan fingerprint density at radius 2 is 1.72 bits per heavy atom. The van der Waals surface area contributed by atoms with E-state index in [-0.39, 0.29) is 5.91 Å². The first kappa shape index (κ1) is 12.0. The van der Waals surface area contributed by atoms with Crippen molar-refractivity contribution in [3.05, 3.63) is 34.9 Å². The van der Waals surface area contributed by atoms with Crippen LogP contribution < -0.4 is 0 Å². The van der Waals surface area contributed by atoms with Crippen molar-refractivity contribution in [1.29, 1.82) is 0 Å². The SMILES string of the molecule is O=C(c1ccccc1Cl)N1CC2CCCCC2C1. The predicted octanol–water partition coefficient (Wildman–Crippen LogP) is 3.60. The number of hydrogen-bond donors (Lipinski definition) is 0. The molecule has 3 heteroatoms. The Hall–Kier alpha value is -1.02. The first-order valence-electron chi connectivity index (χ1n) is 6.79. The smallest absolute Gasteiger partial charge is 0.255 e. The van der Waals surface area contributed by atoms with Gasteiger partial charge in [0.1, 0.15) is 0 Å². The van der Waals surface area contributed by atoms with Crippen molar-refractivity contribution in [2.75, 3.05) is 13.1 Å². The third-order valence-corrected chi connectivity index (χ3v) is 4.70.